The lowest BCUT2D eigenvalue weighted by Crippen LogP contribution is -2.10. The van der Waals surface area contributed by atoms with Crippen LogP contribution in [0, 0.1) is 0 Å². The van der Waals surface area contributed by atoms with E-state index in [1.807, 2.05) is 11.3 Å². The molecule has 242 valence electrons. The van der Waals surface area contributed by atoms with Crippen molar-refractivity contribution in [2.24, 2.45) is 0 Å². The first-order valence-electron chi connectivity index (χ1n) is 17.8. The SMILES string of the molecule is c1cc(-c2cc3ccccc3c3ccccc23)cc(N(c2ccc3cc4sc5ccccc5c4cc3c2)c2ccc3c(ccc4ccccc43)c2)c1. The zero-order chi connectivity index (χ0) is 34.2. The second kappa shape index (κ2) is 11.5. The smallest absolute Gasteiger partial charge is 0.0468 e. The molecule has 0 aliphatic rings. The molecule has 11 rings (SSSR count). The van der Waals surface area contributed by atoms with Crippen LogP contribution in [0.15, 0.2) is 188 Å². The van der Waals surface area contributed by atoms with Crippen molar-refractivity contribution in [3.63, 3.8) is 0 Å². The number of nitrogens with zero attached hydrogens (tertiary/aromatic N) is 1. The lowest BCUT2D eigenvalue weighted by atomic mass is 9.93. The highest BCUT2D eigenvalue weighted by Gasteiger charge is 2.17. The molecule has 0 atom stereocenters. The highest BCUT2D eigenvalue weighted by molar-refractivity contribution is 7.25. The van der Waals surface area contributed by atoms with E-state index in [9.17, 15) is 0 Å². The summed E-state index contributed by atoms with van der Waals surface area (Å²) in [5, 5.41) is 15.2. The summed E-state index contributed by atoms with van der Waals surface area (Å²) in [6, 6.07) is 69.5. The molecular formula is C50H31NS. The summed E-state index contributed by atoms with van der Waals surface area (Å²) < 4.78 is 2.66. The molecule has 0 unspecified atom stereocenters. The quantitative estimate of drug-likeness (QED) is 0.168. The van der Waals surface area contributed by atoms with Gasteiger partial charge in [-0.1, -0.05) is 127 Å². The number of rotatable bonds is 4. The summed E-state index contributed by atoms with van der Waals surface area (Å²) in [6.07, 6.45) is 0. The van der Waals surface area contributed by atoms with Crippen molar-refractivity contribution in [2.75, 3.05) is 4.90 Å². The molecule has 0 saturated heterocycles. The van der Waals surface area contributed by atoms with Gasteiger partial charge in [0, 0.05) is 37.2 Å². The van der Waals surface area contributed by atoms with Crippen molar-refractivity contribution < 1.29 is 0 Å². The molecule has 0 radical (unpaired) electrons. The van der Waals surface area contributed by atoms with Gasteiger partial charge in [0.15, 0.2) is 0 Å². The lowest BCUT2D eigenvalue weighted by Gasteiger charge is -2.27. The van der Waals surface area contributed by atoms with Crippen LogP contribution < -0.4 is 4.90 Å². The average molecular weight is 678 g/mol. The van der Waals surface area contributed by atoms with Crippen molar-refractivity contribution in [2.45, 2.75) is 0 Å². The monoisotopic (exact) mass is 677 g/mol. The maximum Gasteiger partial charge on any atom is 0.0468 e. The van der Waals surface area contributed by atoms with E-state index in [2.05, 4.69) is 193 Å². The highest BCUT2D eigenvalue weighted by Crippen LogP contribution is 2.43. The standard InChI is InChI=1S/C50H31NS/c1-3-14-41-32(10-1)20-21-36-27-40(24-25-43(36)41)51(39-23-22-33-31-50-48(30-37(33)28-39)46-18-7-8-19-49(46)52-50)38-13-9-12-34(26-38)47-29-35-11-2-4-15-42(35)44-16-5-6-17-45(44)47/h1-31H. The van der Waals surface area contributed by atoms with E-state index in [4.69, 9.17) is 0 Å². The van der Waals surface area contributed by atoms with Gasteiger partial charge in [-0.05, 0) is 126 Å². The van der Waals surface area contributed by atoms with Gasteiger partial charge >= 0.3 is 0 Å². The molecule has 0 amide bonds. The van der Waals surface area contributed by atoms with Gasteiger partial charge in [-0.25, -0.2) is 0 Å². The van der Waals surface area contributed by atoms with Gasteiger partial charge in [0.2, 0.25) is 0 Å². The normalized spacial score (nSPS) is 11.8. The summed E-state index contributed by atoms with van der Waals surface area (Å²) in [4.78, 5) is 2.43. The van der Waals surface area contributed by atoms with Gasteiger partial charge in [-0.3, -0.25) is 0 Å². The Balaban J connectivity index is 1.14. The Bertz CT molecular complexity index is 3210. The average Bonchev–Trinajstić information content (AvgIpc) is 3.57. The predicted octanol–water partition coefficient (Wildman–Crippen LogP) is 15.0. The number of hydrogen-bond acceptors (Lipinski definition) is 2. The molecule has 1 heterocycles. The Hall–Kier alpha value is -6.48. The summed E-state index contributed by atoms with van der Waals surface area (Å²) in [7, 11) is 0. The molecule has 0 aliphatic carbocycles. The minimum atomic E-state index is 1.12. The molecule has 0 saturated carbocycles. The van der Waals surface area contributed by atoms with Crippen LogP contribution in [0.1, 0.15) is 0 Å². The second-order valence-electron chi connectivity index (χ2n) is 13.7. The summed E-state index contributed by atoms with van der Waals surface area (Å²) in [5.41, 5.74) is 5.82. The largest absolute Gasteiger partial charge is 0.310 e. The molecular weight excluding hydrogens is 647 g/mol. The zero-order valence-electron chi connectivity index (χ0n) is 28.3. The number of fused-ring (bicyclic) bond motifs is 10. The molecule has 10 aromatic carbocycles. The van der Waals surface area contributed by atoms with Crippen LogP contribution in [0.3, 0.4) is 0 Å². The van der Waals surface area contributed by atoms with Crippen molar-refractivity contribution in [1.82, 2.24) is 0 Å². The maximum absolute atomic E-state index is 2.43. The zero-order valence-corrected chi connectivity index (χ0v) is 29.1. The Labute approximate surface area is 305 Å². The molecule has 1 nitrogen and oxygen atoms in total. The number of anilines is 3. The molecule has 0 fully saturated rings. The molecule has 0 spiro atoms. The minimum absolute atomic E-state index is 1.12. The van der Waals surface area contributed by atoms with E-state index in [0.717, 1.165) is 17.1 Å². The van der Waals surface area contributed by atoms with Gasteiger partial charge in [-0.2, -0.15) is 0 Å². The third kappa shape index (κ3) is 4.62. The summed E-state index contributed by atoms with van der Waals surface area (Å²) >= 11 is 1.87. The minimum Gasteiger partial charge on any atom is -0.310 e. The van der Waals surface area contributed by atoms with Crippen molar-refractivity contribution in [1.29, 1.82) is 0 Å². The third-order valence-corrected chi connectivity index (χ3v) is 11.9. The molecule has 11 aromatic rings. The molecule has 0 aliphatic heterocycles. The Morgan fingerprint density at radius 3 is 1.75 bits per heavy atom. The van der Waals surface area contributed by atoms with E-state index < -0.39 is 0 Å². The van der Waals surface area contributed by atoms with E-state index in [1.54, 1.807) is 0 Å². The van der Waals surface area contributed by atoms with Gasteiger partial charge in [0.1, 0.15) is 0 Å². The first-order chi connectivity index (χ1) is 25.7. The Morgan fingerprint density at radius 2 is 0.885 bits per heavy atom. The lowest BCUT2D eigenvalue weighted by molar-refractivity contribution is 1.30. The fraction of sp³-hybridized carbons (Fsp3) is 0. The fourth-order valence-electron chi connectivity index (χ4n) is 8.29. The maximum atomic E-state index is 2.43. The topological polar surface area (TPSA) is 3.24 Å². The number of benzene rings is 10. The molecule has 2 heteroatoms. The predicted molar refractivity (Wildman–Crippen MR) is 227 cm³/mol. The third-order valence-electron chi connectivity index (χ3n) is 10.7. The summed E-state index contributed by atoms with van der Waals surface area (Å²) in [6.45, 7) is 0. The van der Waals surface area contributed by atoms with E-state index in [-0.39, 0.29) is 0 Å². The number of thiophene rings is 1. The molecule has 0 bridgehead atoms. The van der Waals surface area contributed by atoms with Crippen LogP contribution in [-0.4, -0.2) is 0 Å². The van der Waals surface area contributed by atoms with Crippen molar-refractivity contribution >= 4 is 102 Å². The van der Waals surface area contributed by atoms with Crippen LogP contribution in [0.25, 0.3) is 85.2 Å². The van der Waals surface area contributed by atoms with Crippen molar-refractivity contribution in [3.05, 3.63) is 188 Å². The first kappa shape index (κ1) is 29.3. The second-order valence-corrected chi connectivity index (χ2v) is 14.8. The van der Waals surface area contributed by atoms with Crippen LogP contribution in [0.4, 0.5) is 17.1 Å². The summed E-state index contributed by atoms with van der Waals surface area (Å²) in [5.74, 6) is 0. The van der Waals surface area contributed by atoms with E-state index in [1.165, 1.54) is 85.2 Å². The van der Waals surface area contributed by atoms with Crippen LogP contribution in [0.5, 0.6) is 0 Å². The van der Waals surface area contributed by atoms with Gasteiger partial charge < -0.3 is 4.90 Å². The van der Waals surface area contributed by atoms with Crippen molar-refractivity contribution in [3.8, 4) is 11.1 Å². The Morgan fingerprint density at radius 1 is 0.288 bits per heavy atom. The van der Waals surface area contributed by atoms with Gasteiger partial charge in [0.05, 0.1) is 0 Å². The first-order valence-corrected chi connectivity index (χ1v) is 18.6. The molecule has 1 aromatic heterocycles. The van der Waals surface area contributed by atoms with Crippen LogP contribution >= 0.6 is 11.3 Å². The highest BCUT2D eigenvalue weighted by atomic mass is 32.1. The fourth-order valence-corrected chi connectivity index (χ4v) is 9.42. The Kier molecular flexibility index (Phi) is 6.49. The molecule has 0 N–H and O–H groups in total. The van der Waals surface area contributed by atoms with Crippen LogP contribution in [-0.2, 0) is 0 Å². The van der Waals surface area contributed by atoms with Gasteiger partial charge in [-0.15, -0.1) is 11.3 Å². The van der Waals surface area contributed by atoms with Crippen LogP contribution in [0.2, 0.25) is 0 Å². The number of hydrogen-bond donors (Lipinski definition) is 0. The van der Waals surface area contributed by atoms with E-state index >= 15 is 0 Å². The van der Waals surface area contributed by atoms with E-state index in [0.29, 0.717) is 0 Å². The molecule has 52 heavy (non-hydrogen) atoms. The van der Waals surface area contributed by atoms with Gasteiger partial charge in [0.25, 0.3) is 0 Å².